The van der Waals surface area contributed by atoms with E-state index in [4.69, 9.17) is 14.1 Å². The summed E-state index contributed by atoms with van der Waals surface area (Å²) in [6, 6.07) is 11.3. The Labute approximate surface area is 171 Å². The minimum absolute atomic E-state index is 0.0708. The molecule has 2 aliphatic rings. The molecule has 3 rings (SSSR count). The molecule has 0 saturated carbocycles. The number of benzene rings is 1. The molecule has 2 N–H and O–H groups in total. The van der Waals surface area contributed by atoms with Crippen molar-refractivity contribution in [2.45, 2.75) is 90.1 Å². The smallest absolute Gasteiger partial charge is 0.403 e. The molecule has 2 heterocycles. The average Bonchev–Trinajstić information content (AvgIpc) is 3.08. The van der Waals surface area contributed by atoms with Crippen molar-refractivity contribution < 1.29 is 14.1 Å². The Bertz CT molecular complexity index is 595. The summed E-state index contributed by atoms with van der Waals surface area (Å²) in [5, 5.41) is 3.70. The van der Waals surface area contributed by atoms with E-state index in [9.17, 15) is 0 Å². The maximum Gasteiger partial charge on any atom is 0.457 e. The van der Waals surface area contributed by atoms with Crippen molar-refractivity contribution in [3.05, 3.63) is 35.9 Å². The van der Waals surface area contributed by atoms with Crippen molar-refractivity contribution in [3.63, 3.8) is 0 Å². The van der Waals surface area contributed by atoms with Crippen molar-refractivity contribution in [3.8, 4) is 0 Å². The third kappa shape index (κ3) is 5.58. The molecule has 0 aromatic heterocycles. The van der Waals surface area contributed by atoms with Crippen LogP contribution in [0.25, 0.3) is 0 Å². The van der Waals surface area contributed by atoms with Crippen LogP contribution in [0.15, 0.2) is 30.3 Å². The fourth-order valence-corrected chi connectivity index (χ4v) is 4.15. The zero-order chi connectivity index (χ0) is 20.2. The largest absolute Gasteiger partial charge is 0.457 e. The van der Waals surface area contributed by atoms with E-state index in [1.165, 1.54) is 18.4 Å². The van der Waals surface area contributed by atoms with Crippen molar-refractivity contribution in [1.82, 2.24) is 10.8 Å². The van der Waals surface area contributed by atoms with Gasteiger partial charge in [-0.05, 0) is 65.3 Å². The maximum absolute atomic E-state index is 6.11. The van der Waals surface area contributed by atoms with E-state index in [1.807, 2.05) is 18.2 Å². The Morgan fingerprint density at radius 1 is 1.14 bits per heavy atom. The van der Waals surface area contributed by atoms with Crippen LogP contribution in [0, 0.1) is 5.92 Å². The van der Waals surface area contributed by atoms with Crippen LogP contribution < -0.4 is 10.8 Å². The summed E-state index contributed by atoms with van der Waals surface area (Å²) in [5.41, 5.74) is 3.87. The number of hydroxylamine groups is 1. The lowest BCUT2D eigenvalue weighted by atomic mass is 9.80. The zero-order valence-corrected chi connectivity index (χ0v) is 18.2. The van der Waals surface area contributed by atoms with Gasteiger partial charge in [0.15, 0.2) is 0 Å². The molecule has 156 valence electrons. The lowest BCUT2D eigenvalue weighted by Crippen LogP contribution is -2.41. The van der Waals surface area contributed by atoms with Crippen molar-refractivity contribution >= 4 is 7.12 Å². The maximum atomic E-state index is 6.11. The van der Waals surface area contributed by atoms with E-state index in [2.05, 4.69) is 57.5 Å². The van der Waals surface area contributed by atoms with Crippen LogP contribution in [-0.4, -0.2) is 36.9 Å². The van der Waals surface area contributed by atoms with Crippen molar-refractivity contribution in [2.24, 2.45) is 5.92 Å². The predicted octanol–water partition coefficient (Wildman–Crippen LogP) is 3.95. The van der Waals surface area contributed by atoms with E-state index < -0.39 is 0 Å². The second-order valence-electron chi connectivity index (χ2n) is 9.39. The standard InChI is InChI=1S/C22H37BN2O3/c1-17-19(12-9-13-23-27-21(2,3)22(4,5)28-23)14-20(25-17)15-24-26-16-18-10-7-6-8-11-18/h6-8,10-11,17,19-20,24-25H,9,12-16H2,1-5H3/t17-,19+,20?/m0/s1. The van der Waals surface area contributed by atoms with Gasteiger partial charge in [-0.15, -0.1) is 0 Å². The Morgan fingerprint density at radius 3 is 2.50 bits per heavy atom. The van der Waals surface area contributed by atoms with E-state index in [1.54, 1.807) is 0 Å². The lowest BCUT2D eigenvalue weighted by molar-refractivity contribution is 0.00578. The van der Waals surface area contributed by atoms with E-state index >= 15 is 0 Å². The summed E-state index contributed by atoms with van der Waals surface area (Å²) >= 11 is 0. The van der Waals surface area contributed by atoms with E-state index in [0.29, 0.717) is 24.6 Å². The van der Waals surface area contributed by atoms with Crippen LogP contribution in [0.1, 0.15) is 59.4 Å². The molecule has 5 nitrogen and oxygen atoms in total. The van der Waals surface area contributed by atoms with E-state index in [0.717, 1.165) is 19.3 Å². The minimum atomic E-state index is -0.226. The molecule has 3 atom stereocenters. The predicted molar refractivity (Wildman–Crippen MR) is 114 cm³/mol. The summed E-state index contributed by atoms with van der Waals surface area (Å²) in [6.07, 6.45) is 4.50. The van der Waals surface area contributed by atoms with Crippen LogP contribution in [-0.2, 0) is 20.8 Å². The molecular weight excluding hydrogens is 351 g/mol. The molecule has 1 aromatic carbocycles. The molecule has 2 fully saturated rings. The number of rotatable bonds is 9. The van der Waals surface area contributed by atoms with E-state index in [-0.39, 0.29) is 18.3 Å². The third-order valence-corrected chi connectivity index (χ3v) is 6.62. The van der Waals surface area contributed by atoms with Crippen LogP contribution in [0.4, 0.5) is 0 Å². The molecule has 0 amide bonds. The van der Waals surface area contributed by atoms with Gasteiger partial charge < -0.3 is 14.6 Å². The summed E-state index contributed by atoms with van der Waals surface area (Å²) in [4.78, 5) is 5.62. The SMILES string of the molecule is C[C@@H]1NC(CNOCc2ccccc2)C[C@H]1CCCB1OC(C)(C)C(C)(C)O1. The molecule has 0 bridgehead atoms. The molecular formula is C22H37BN2O3. The average molecular weight is 388 g/mol. The summed E-state index contributed by atoms with van der Waals surface area (Å²) in [5.74, 6) is 0.698. The van der Waals surface area contributed by atoms with Gasteiger partial charge >= 0.3 is 7.12 Å². The second kappa shape index (κ2) is 9.27. The molecule has 0 spiro atoms. The number of hydrogen-bond donors (Lipinski definition) is 2. The first-order valence-electron chi connectivity index (χ1n) is 10.8. The third-order valence-electron chi connectivity index (χ3n) is 6.62. The van der Waals surface area contributed by atoms with Crippen molar-refractivity contribution in [1.29, 1.82) is 0 Å². The summed E-state index contributed by atoms with van der Waals surface area (Å²) in [6.45, 7) is 12.2. The van der Waals surface area contributed by atoms with Gasteiger partial charge in [0.1, 0.15) is 0 Å². The topological polar surface area (TPSA) is 51.8 Å². The normalized spacial score (nSPS) is 28.8. The first kappa shape index (κ1) is 21.8. The van der Waals surface area contributed by atoms with Gasteiger partial charge in [-0.2, -0.15) is 0 Å². The highest BCUT2D eigenvalue weighted by Gasteiger charge is 2.50. The van der Waals surface area contributed by atoms with Crippen LogP contribution in [0.2, 0.25) is 6.32 Å². The van der Waals surface area contributed by atoms with Crippen LogP contribution in [0.5, 0.6) is 0 Å². The van der Waals surface area contributed by atoms with Crippen molar-refractivity contribution in [2.75, 3.05) is 6.54 Å². The highest BCUT2D eigenvalue weighted by atomic mass is 16.7. The highest BCUT2D eigenvalue weighted by Crippen LogP contribution is 2.38. The first-order valence-corrected chi connectivity index (χ1v) is 10.8. The monoisotopic (exact) mass is 388 g/mol. The molecule has 28 heavy (non-hydrogen) atoms. The summed E-state index contributed by atoms with van der Waals surface area (Å²) < 4.78 is 12.2. The Kier molecular flexibility index (Phi) is 7.21. The van der Waals surface area contributed by atoms with Gasteiger partial charge in [-0.3, -0.25) is 4.84 Å². The second-order valence-corrected chi connectivity index (χ2v) is 9.39. The zero-order valence-electron chi connectivity index (χ0n) is 18.2. The fraction of sp³-hybridized carbons (Fsp3) is 0.727. The summed E-state index contributed by atoms with van der Waals surface area (Å²) in [7, 11) is -0.0708. The highest BCUT2D eigenvalue weighted by molar-refractivity contribution is 6.45. The van der Waals surface area contributed by atoms with Gasteiger partial charge in [0.25, 0.3) is 0 Å². The molecule has 1 aromatic rings. The Morgan fingerprint density at radius 2 is 1.82 bits per heavy atom. The van der Waals surface area contributed by atoms with Gasteiger partial charge in [0.2, 0.25) is 0 Å². The van der Waals surface area contributed by atoms with Gasteiger partial charge in [0.05, 0.1) is 17.8 Å². The minimum Gasteiger partial charge on any atom is -0.403 e. The molecule has 0 radical (unpaired) electrons. The van der Waals surface area contributed by atoms with Crippen LogP contribution in [0.3, 0.4) is 0 Å². The quantitative estimate of drug-likeness (QED) is 0.381. The first-order chi connectivity index (χ1) is 13.3. The number of nitrogens with one attached hydrogen (secondary N) is 2. The molecule has 6 heteroatoms. The molecule has 0 aliphatic carbocycles. The van der Waals surface area contributed by atoms with Gasteiger partial charge in [-0.25, -0.2) is 5.48 Å². The Balaban J connectivity index is 1.31. The molecule has 2 saturated heterocycles. The fourth-order valence-electron chi connectivity index (χ4n) is 4.15. The van der Waals surface area contributed by atoms with Gasteiger partial charge in [0, 0.05) is 18.6 Å². The van der Waals surface area contributed by atoms with Gasteiger partial charge in [-0.1, -0.05) is 36.8 Å². The van der Waals surface area contributed by atoms with Crippen LogP contribution >= 0.6 is 0 Å². The molecule has 1 unspecified atom stereocenters. The lowest BCUT2D eigenvalue weighted by Gasteiger charge is -2.32. The number of hydrogen-bond acceptors (Lipinski definition) is 5. The Hall–Kier alpha value is -0.915. The molecule has 2 aliphatic heterocycles.